The molecule has 2 aromatic heterocycles. The molecule has 0 saturated carbocycles. The second kappa shape index (κ2) is 12.9. The zero-order chi connectivity index (χ0) is 36.3. The van der Waals surface area contributed by atoms with Gasteiger partial charge in [0, 0.05) is 48.0 Å². The lowest BCUT2D eigenvalue weighted by Crippen LogP contribution is -2.10. The second-order valence-electron chi connectivity index (χ2n) is 14.2. The summed E-state index contributed by atoms with van der Waals surface area (Å²) >= 11 is 1.86. The van der Waals surface area contributed by atoms with E-state index in [0.29, 0.717) is 0 Å². The summed E-state index contributed by atoms with van der Waals surface area (Å²) in [5, 5.41) is 7.38. The van der Waals surface area contributed by atoms with Gasteiger partial charge in [-0.15, -0.1) is 11.3 Å². The summed E-state index contributed by atoms with van der Waals surface area (Å²) in [6.45, 7) is 0. The molecule has 3 heteroatoms. The number of benzene rings is 9. The van der Waals surface area contributed by atoms with E-state index in [1.54, 1.807) is 0 Å². The van der Waals surface area contributed by atoms with Crippen LogP contribution in [0.5, 0.6) is 0 Å². The van der Waals surface area contributed by atoms with Crippen molar-refractivity contribution in [3.05, 3.63) is 200 Å². The monoisotopic (exact) mass is 719 g/mol. The van der Waals surface area contributed by atoms with Crippen LogP contribution in [-0.2, 0) is 0 Å². The van der Waals surface area contributed by atoms with Crippen molar-refractivity contribution in [2.45, 2.75) is 0 Å². The minimum atomic E-state index is 0.896. The summed E-state index contributed by atoms with van der Waals surface area (Å²) in [7, 11) is 0. The lowest BCUT2D eigenvalue weighted by molar-refractivity contribution is 0.669. The first kappa shape index (κ1) is 31.6. The van der Waals surface area contributed by atoms with Gasteiger partial charge >= 0.3 is 0 Å². The van der Waals surface area contributed by atoms with Gasteiger partial charge in [-0.2, -0.15) is 0 Å². The molecule has 9 aromatic carbocycles. The molecule has 0 radical (unpaired) electrons. The maximum absolute atomic E-state index is 6.30. The fraction of sp³-hybridized carbons (Fsp3) is 0. The first-order valence-electron chi connectivity index (χ1n) is 18.6. The van der Waals surface area contributed by atoms with Gasteiger partial charge in [-0.1, -0.05) is 127 Å². The maximum Gasteiger partial charge on any atom is 0.136 e. The van der Waals surface area contributed by atoms with Crippen molar-refractivity contribution in [2.24, 2.45) is 0 Å². The molecule has 0 aliphatic carbocycles. The molecule has 0 N–H and O–H groups in total. The van der Waals surface area contributed by atoms with Crippen LogP contribution in [0.1, 0.15) is 0 Å². The van der Waals surface area contributed by atoms with Crippen molar-refractivity contribution in [3.63, 3.8) is 0 Å². The van der Waals surface area contributed by atoms with Gasteiger partial charge in [-0.05, 0) is 117 Å². The minimum Gasteiger partial charge on any atom is -0.456 e. The van der Waals surface area contributed by atoms with Gasteiger partial charge in [-0.25, -0.2) is 0 Å². The van der Waals surface area contributed by atoms with Gasteiger partial charge in [0.1, 0.15) is 11.2 Å². The van der Waals surface area contributed by atoms with Crippen LogP contribution in [0.2, 0.25) is 0 Å². The van der Waals surface area contributed by atoms with E-state index in [4.69, 9.17) is 4.42 Å². The summed E-state index contributed by atoms with van der Waals surface area (Å²) in [5.74, 6) is 0. The number of hydrogen-bond donors (Lipinski definition) is 0. The van der Waals surface area contributed by atoms with E-state index in [1.165, 1.54) is 53.2 Å². The smallest absolute Gasteiger partial charge is 0.136 e. The highest BCUT2D eigenvalue weighted by Crippen LogP contribution is 2.42. The zero-order valence-electron chi connectivity index (χ0n) is 29.8. The van der Waals surface area contributed by atoms with Gasteiger partial charge in [-0.3, -0.25) is 0 Å². The molecule has 0 bridgehead atoms. The van der Waals surface area contributed by atoms with Crippen LogP contribution in [0, 0.1) is 0 Å². The van der Waals surface area contributed by atoms with Crippen LogP contribution in [-0.4, -0.2) is 0 Å². The molecule has 55 heavy (non-hydrogen) atoms. The Morgan fingerprint density at radius 1 is 0.309 bits per heavy atom. The number of furan rings is 1. The molecule has 0 aliphatic rings. The van der Waals surface area contributed by atoms with Crippen molar-refractivity contribution >= 4 is 81.3 Å². The van der Waals surface area contributed by atoms with E-state index in [9.17, 15) is 0 Å². The van der Waals surface area contributed by atoms with Crippen LogP contribution in [0.25, 0.3) is 86.3 Å². The lowest BCUT2D eigenvalue weighted by atomic mass is 9.99. The third-order valence-electron chi connectivity index (χ3n) is 10.8. The summed E-state index contributed by atoms with van der Waals surface area (Å²) < 4.78 is 8.93. The molecule has 11 rings (SSSR count). The molecule has 0 unspecified atom stereocenters. The molecule has 2 heterocycles. The standard InChI is InChI=1S/C52H33NOS/c1-2-11-35-28-39(23-22-34(35)10-1)36-12-7-15-42(29-36)53(43-16-8-13-37(30-43)40-24-26-46-45-18-3-5-20-49(45)54-50(46)32-40)44-17-9-14-38(31-44)41-25-27-48-47-19-4-6-21-51(47)55-52(48)33-41/h1-33H. The number of hydrogen-bond acceptors (Lipinski definition) is 3. The minimum absolute atomic E-state index is 0.896. The molecule has 258 valence electrons. The maximum atomic E-state index is 6.30. The largest absolute Gasteiger partial charge is 0.456 e. The summed E-state index contributed by atoms with van der Waals surface area (Å²) in [4.78, 5) is 2.38. The van der Waals surface area contributed by atoms with Crippen LogP contribution < -0.4 is 4.90 Å². The van der Waals surface area contributed by atoms with Crippen molar-refractivity contribution in [1.29, 1.82) is 0 Å². The Morgan fingerprint density at radius 3 is 1.55 bits per heavy atom. The van der Waals surface area contributed by atoms with Crippen molar-refractivity contribution < 1.29 is 4.42 Å². The predicted octanol–water partition coefficient (Wildman–Crippen LogP) is 15.6. The molecular weight excluding hydrogens is 687 g/mol. The number of nitrogens with zero attached hydrogens (tertiary/aromatic N) is 1. The summed E-state index contributed by atoms with van der Waals surface area (Å²) in [6, 6.07) is 72.4. The molecule has 0 amide bonds. The number of rotatable bonds is 6. The predicted molar refractivity (Wildman–Crippen MR) is 235 cm³/mol. The summed E-state index contributed by atoms with van der Waals surface area (Å²) in [5.41, 5.74) is 12.1. The van der Waals surface area contributed by atoms with E-state index in [2.05, 4.69) is 193 Å². The number of anilines is 3. The van der Waals surface area contributed by atoms with E-state index in [1.807, 2.05) is 23.5 Å². The van der Waals surface area contributed by atoms with E-state index in [-0.39, 0.29) is 0 Å². The van der Waals surface area contributed by atoms with Crippen LogP contribution in [0.4, 0.5) is 17.1 Å². The second-order valence-corrected chi connectivity index (χ2v) is 15.3. The van der Waals surface area contributed by atoms with Gasteiger partial charge in [0.25, 0.3) is 0 Å². The van der Waals surface area contributed by atoms with Gasteiger partial charge < -0.3 is 9.32 Å². The molecule has 0 aliphatic heterocycles. The molecule has 0 saturated heterocycles. The Morgan fingerprint density at radius 2 is 0.818 bits per heavy atom. The van der Waals surface area contributed by atoms with Gasteiger partial charge in [0.15, 0.2) is 0 Å². The van der Waals surface area contributed by atoms with Crippen molar-refractivity contribution in [3.8, 4) is 33.4 Å². The molecule has 0 fully saturated rings. The third kappa shape index (κ3) is 5.56. The van der Waals surface area contributed by atoms with E-state index < -0.39 is 0 Å². The Hall–Kier alpha value is -6.94. The van der Waals surface area contributed by atoms with Crippen LogP contribution >= 0.6 is 11.3 Å². The fourth-order valence-corrected chi connectivity index (χ4v) is 9.25. The first-order chi connectivity index (χ1) is 27.2. The Balaban J connectivity index is 1.05. The molecule has 2 nitrogen and oxygen atoms in total. The third-order valence-corrected chi connectivity index (χ3v) is 12.0. The molecular formula is C52H33NOS. The number of thiophene rings is 1. The quantitative estimate of drug-likeness (QED) is 0.170. The lowest BCUT2D eigenvalue weighted by Gasteiger charge is -2.27. The fourth-order valence-electron chi connectivity index (χ4n) is 8.10. The average molecular weight is 720 g/mol. The topological polar surface area (TPSA) is 16.4 Å². The van der Waals surface area contributed by atoms with Crippen LogP contribution in [0.15, 0.2) is 205 Å². The highest BCUT2D eigenvalue weighted by atomic mass is 32.1. The van der Waals surface area contributed by atoms with Crippen LogP contribution in [0.3, 0.4) is 0 Å². The summed E-state index contributed by atoms with van der Waals surface area (Å²) in [6.07, 6.45) is 0. The molecule has 0 atom stereocenters. The first-order valence-corrected chi connectivity index (χ1v) is 19.5. The van der Waals surface area contributed by atoms with E-state index in [0.717, 1.165) is 50.1 Å². The van der Waals surface area contributed by atoms with Crippen molar-refractivity contribution in [1.82, 2.24) is 0 Å². The van der Waals surface area contributed by atoms with E-state index >= 15 is 0 Å². The Bertz CT molecular complexity index is 3080. The molecule has 0 spiro atoms. The number of para-hydroxylation sites is 1. The average Bonchev–Trinajstić information content (AvgIpc) is 3.81. The normalized spacial score (nSPS) is 11.6. The highest BCUT2D eigenvalue weighted by Gasteiger charge is 2.17. The Kier molecular flexibility index (Phi) is 7.39. The van der Waals surface area contributed by atoms with Crippen molar-refractivity contribution in [2.75, 3.05) is 4.90 Å². The zero-order valence-corrected chi connectivity index (χ0v) is 30.6. The molecule has 11 aromatic rings. The SMILES string of the molecule is c1cc(-c2ccc3ccccc3c2)cc(N(c2cccc(-c3ccc4c(c3)oc3ccccc34)c2)c2cccc(-c3ccc4c(c3)sc3ccccc34)c2)c1. The Labute approximate surface area is 322 Å². The number of fused-ring (bicyclic) bond motifs is 7. The highest BCUT2D eigenvalue weighted by molar-refractivity contribution is 7.25. The van der Waals surface area contributed by atoms with Gasteiger partial charge in [0.05, 0.1) is 0 Å². The van der Waals surface area contributed by atoms with Gasteiger partial charge in [0.2, 0.25) is 0 Å².